The minimum absolute atomic E-state index is 0.170. The first-order valence-corrected chi connectivity index (χ1v) is 13.1. The van der Waals surface area contributed by atoms with Crippen LogP contribution in [0.25, 0.3) is 21.9 Å². The molecule has 3 N–H and O–H groups in total. The number of unbranched alkanes of at least 4 members (excludes halogenated alkanes) is 1. The number of nitrogens with two attached hydrogens (primary N) is 1. The van der Waals surface area contributed by atoms with Gasteiger partial charge in [-0.05, 0) is 12.5 Å². The van der Waals surface area contributed by atoms with Gasteiger partial charge in [-0.3, -0.25) is 18.6 Å². The molecule has 0 aliphatic carbocycles. The normalized spacial score (nSPS) is 14.0. The van der Waals surface area contributed by atoms with Crippen molar-refractivity contribution in [3.8, 4) is 0 Å². The zero-order valence-electron chi connectivity index (χ0n) is 20.5. The number of hydrogen-bond donors (Lipinski definition) is 2. The Morgan fingerprint density at radius 3 is 2.58 bits per heavy atom. The highest BCUT2D eigenvalue weighted by Gasteiger charge is 2.26. The summed E-state index contributed by atoms with van der Waals surface area (Å²) in [5.74, 6) is -0.172. The van der Waals surface area contributed by atoms with Crippen LogP contribution in [-0.2, 0) is 45.6 Å². The lowest BCUT2D eigenvalue weighted by molar-refractivity contribution is -0.158. The molecular weight excluding hydrogens is 491 g/mol. The van der Waals surface area contributed by atoms with Gasteiger partial charge in [0.15, 0.2) is 11.9 Å². The van der Waals surface area contributed by atoms with E-state index in [4.69, 9.17) is 29.2 Å². The van der Waals surface area contributed by atoms with Crippen molar-refractivity contribution in [1.82, 2.24) is 14.5 Å². The first-order chi connectivity index (χ1) is 17.1. The van der Waals surface area contributed by atoms with Gasteiger partial charge in [-0.2, -0.15) is 0 Å². The van der Waals surface area contributed by atoms with Gasteiger partial charge in [0.1, 0.15) is 17.9 Å². The third kappa shape index (κ3) is 7.23. The lowest BCUT2D eigenvalue weighted by atomic mass is 10.2. The van der Waals surface area contributed by atoms with Gasteiger partial charge in [-0.15, -0.1) is 0 Å². The molecule has 3 aromatic rings. The lowest BCUT2D eigenvalue weighted by Crippen LogP contribution is -2.28. The largest absolute Gasteiger partial charge is 0.472 e. The molecule has 1 unspecified atom stereocenters. The number of aromatic nitrogens is 3. The van der Waals surface area contributed by atoms with Crippen molar-refractivity contribution in [3.05, 3.63) is 30.1 Å². The van der Waals surface area contributed by atoms with Crippen molar-refractivity contribution >= 4 is 47.5 Å². The minimum atomic E-state index is -4.51. The van der Waals surface area contributed by atoms with Crippen LogP contribution in [0.1, 0.15) is 39.4 Å². The van der Waals surface area contributed by atoms with E-state index in [2.05, 4.69) is 11.9 Å². The van der Waals surface area contributed by atoms with E-state index >= 15 is 0 Å². The molecule has 0 saturated carbocycles. The Kier molecular flexibility index (Phi) is 9.38. The second kappa shape index (κ2) is 12.3. The Morgan fingerprint density at radius 1 is 1.14 bits per heavy atom. The fourth-order valence-corrected chi connectivity index (χ4v) is 4.44. The van der Waals surface area contributed by atoms with Crippen LogP contribution in [0.4, 0.5) is 5.82 Å². The third-order valence-electron chi connectivity index (χ3n) is 5.24. The quantitative estimate of drug-likeness (QED) is 0.250. The summed E-state index contributed by atoms with van der Waals surface area (Å²) in [4.78, 5) is 41.6. The molecule has 2 heterocycles. The third-order valence-corrected chi connectivity index (χ3v) is 6.23. The van der Waals surface area contributed by atoms with E-state index in [0.717, 1.165) is 36.5 Å². The average Bonchev–Trinajstić information content (AvgIpc) is 3.18. The molecule has 196 valence electrons. The predicted molar refractivity (Wildman–Crippen MR) is 132 cm³/mol. The highest BCUT2D eigenvalue weighted by atomic mass is 31.2. The number of benzene rings is 1. The molecule has 12 nitrogen and oxygen atoms in total. The Balaban J connectivity index is 1.75. The summed E-state index contributed by atoms with van der Waals surface area (Å²) in [5, 5.41) is 0.857. The van der Waals surface area contributed by atoms with E-state index in [1.54, 1.807) is 0 Å². The van der Waals surface area contributed by atoms with Crippen molar-refractivity contribution in [1.29, 1.82) is 0 Å². The number of anilines is 1. The van der Waals surface area contributed by atoms with Crippen molar-refractivity contribution in [2.75, 3.05) is 25.6 Å². The SMILES string of the molecule is CCCCc1nc2c(N)nc3ccccc3c2n1CCOP(=O)(O)OC[C@@H](COC(C)=O)OC(C)=O. The van der Waals surface area contributed by atoms with Gasteiger partial charge in [0, 0.05) is 32.2 Å². The fraction of sp³-hybridized carbons (Fsp3) is 0.478. The van der Waals surface area contributed by atoms with Gasteiger partial charge in [0.25, 0.3) is 0 Å². The average molecular weight is 522 g/mol. The summed E-state index contributed by atoms with van der Waals surface area (Å²) in [6.45, 7) is 3.64. The van der Waals surface area contributed by atoms with E-state index in [0.29, 0.717) is 23.3 Å². The maximum atomic E-state index is 12.5. The first kappa shape index (κ1) is 27.5. The van der Waals surface area contributed by atoms with Crippen LogP contribution in [0.2, 0.25) is 0 Å². The molecule has 2 atom stereocenters. The summed E-state index contributed by atoms with van der Waals surface area (Å²) >= 11 is 0. The van der Waals surface area contributed by atoms with E-state index < -0.39 is 32.5 Å². The van der Waals surface area contributed by atoms with Crippen LogP contribution in [0.15, 0.2) is 24.3 Å². The lowest BCUT2D eigenvalue weighted by Gasteiger charge is -2.19. The smallest absolute Gasteiger partial charge is 0.462 e. The number of aryl methyl sites for hydroxylation is 1. The monoisotopic (exact) mass is 522 g/mol. The van der Waals surface area contributed by atoms with E-state index in [1.807, 2.05) is 28.8 Å². The molecule has 0 fully saturated rings. The maximum Gasteiger partial charge on any atom is 0.472 e. The number of hydrogen-bond acceptors (Lipinski definition) is 10. The second-order valence-corrected chi connectivity index (χ2v) is 9.58. The zero-order chi connectivity index (χ0) is 26.3. The Morgan fingerprint density at radius 2 is 1.89 bits per heavy atom. The molecular formula is C23H31N4O8P. The van der Waals surface area contributed by atoms with E-state index in [-0.39, 0.29) is 19.8 Å². The van der Waals surface area contributed by atoms with Gasteiger partial charge in [-0.1, -0.05) is 31.5 Å². The van der Waals surface area contributed by atoms with Crippen molar-refractivity contribution < 1.29 is 37.6 Å². The van der Waals surface area contributed by atoms with Crippen LogP contribution in [0.3, 0.4) is 0 Å². The molecule has 0 amide bonds. The number of ether oxygens (including phenoxy) is 2. The molecule has 0 saturated heterocycles. The fourth-order valence-electron chi connectivity index (χ4n) is 3.69. The Bertz CT molecular complexity index is 1280. The minimum Gasteiger partial charge on any atom is -0.462 e. The standard InChI is InChI=1S/C23H31N4O8P/c1-4-5-10-20-26-21-22(18-8-6-7-9-19(18)25-23(21)24)27(20)11-12-33-36(30,31)34-14-17(35-16(3)29)13-32-15(2)28/h6-9,17H,4-5,10-14H2,1-3H3,(H2,24,25)(H,30,31)/t17-/m1/s1. The molecule has 3 rings (SSSR count). The van der Waals surface area contributed by atoms with Crippen molar-refractivity contribution in [2.24, 2.45) is 0 Å². The van der Waals surface area contributed by atoms with Crippen molar-refractivity contribution in [2.45, 2.75) is 52.7 Å². The Hall–Kier alpha value is -3.05. The molecule has 0 aliphatic heterocycles. The van der Waals surface area contributed by atoms with E-state index in [1.165, 1.54) is 6.92 Å². The van der Waals surface area contributed by atoms with Gasteiger partial charge >= 0.3 is 19.8 Å². The summed E-state index contributed by atoms with van der Waals surface area (Å²) in [7, 11) is -4.51. The van der Waals surface area contributed by atoms with Crippen LogP contribution in [0.5, 0.6) is 0 Å². The van der Waals surface area contributed by atoms with Gasteiger partial charge in [-0.25, -0.2) is 14.5 Å². The second-order valence-electron chi connectivity index (χ2n) is 8.13. The number of pyridine rings is 1. The number of rotatable bonds is 13. The summed E-state index contributed by atoms with van der Waals surface area (Å²) < 4.78 is 34.3. The zero-order valence-corrected chi connectivity index (χ0v) is 21.4. The number of carbonyl (C=O) groups excluding carboxylic acids is 2. The van der Waals surface area contributed by atoms with Crippen molar-refractivity contribution in [3.63, 3.8) is 0 Å². The van der Waals surface area contributed by atoms with Gasteiger partial charge in [0.05, 0.1) is 24.2 Å². The number of esters is 2. The predicted octanol–water partition coefficient (Wildman–Crippen LogP) is 3.14. The molecule has 13 heteroatoms. The number of nitrogen functional groups attached to an aromatic ring is 1. The number of para-hydroxylation sites is 1. The van der Waals surface area contributed by atoms with Crippen LogP contribution in [0, 0.1) is 0 Å². The highest BCUT2D eigenvalue weighted by molar-refractivity contribution is 7.47. The molecule has 0 bridgehead atoms. The number of phosphoric ester groups is 1. The molecule has 0 spiro atoms. The van der Waals surface area contributed by atoms with Gasteiger partial charge in [0.2, 0.25) is 0 Å². The van der Waals surface area contributed by atoms with Crippen LogP contribution < -0.4 is 5.73 Å². The molecule has 0 aliphatic rings. The topological polar surface area (TPSA) is 165 Å². The Labute approximate surface area is 208 Å². The summed E-state index contributed by atoms with van der Waals surface area (Å²) in [6.07, 6.45) is 1.49. The number of fused-ring (bicyclic) bond motifs is 3. The number of imidazole rings is 1. The number of phosphoric acid groups is 1. The first-order valence-electron chi connectivity index (χ1n) is 11.6. The number of carbonyl (C=O) groups is 2. The maximum absolute atomic E-state index is 12.5. The summed E-state index contributed by atoms with van der Waals surface area (Å²) in [6, 6.07) is 7.54. The molecule has 36 heavy (non-hydrogen) atoms. The van der Waals surface area contributed by atoms with Crippen LogP contribution >= 0.6 is 7.82 Å². The van der Waals surface area contributed by atoms with Crippen LogP contribution in [-0.4, -0.2) is 57.3 Å². The number of nitrogens with zero attached hydrogens (tertiary/aromatic N) is 3. The molecule has 2 aromatic heterocycles. The molecule has 1 aromatic carbocycles. The molecule has 0 radical (unpaired) electrons. The highest BCUT2D eigenvalue weighted by Crippen LogP contribution is 2.43. The van der Waals surface area contributed by atoms with E-state index in [9.17, 15) is 19.0 Å². The van der Waals surface area contributed by atoms with Gasteiger partial charge < -0.3 is 24.7 Å². The summed E-state index contributed by atoms with van der Waals surface area (Å²) in [5.41, 5.74) is 8.24.